The molecule has 0 amide bonds. The topological polar surface area (TPSA) is 133 Å². The first-order valence-electron chi connectivity index (χ1n) is 5.35. The molecule has 1 saturated carbocycles. The molecule has 0 aliphatic heterocycles. The molecule has 1 aromatic carbocycles. The number of nitrogens with two attached hydrogens (primary N) is 2. The van der Waals surface area contributed by atoms with E-state index in [9.17, 15) is 20.4 Å². The predicted octanol–water partition coefficient (Wildman–Crippen LogP) is -1.20. The van der Waals surface area contributed by atoms with E-state index in [-0.39, 0.29) is 6.42 Å². The van der Waals surface area contributed by atoms with Crippen molar-refractivity contribution in [3.63, 3.8) is 0 Å². The minimum absolute atomic E-state index is 0.262. The van der Waals surface area contributed by atoms with Crippen LogP contribution in [0.3, 0.4) is 0 Å². The molecule has 0 radical (unpaired) electrons. The molecule has 1 aromatic rings. The fourth-order valence-electron chi connectivity index (χ4n) is 3.04. The van der Waals surface area contributed by atoms with Crippen LogP contribution in [0.2, 0.25) is 0 Å². The van der Waals surface area contributed by atoms with E-state index >= 15 is 0 Å². The van der Waals surface area contributed by atoms with Gasteiger partial charge >= 0.3 is 0 Å². The lowest BCUT2D eigenvalue weighted by Gasteiger charge is -2.39. The van der Waals surface area contributed by atoms with Crippen molar-refractivity contribution in [2.75, 3.05) is 11.5 Å². The van der Waals surface area contributed by atoms with Crippen LogP contribution in [0.5, 0.6) is 0 Å². The molecule has 1 fully saturated rings. The Morgan fingerprint density at radius 2 is 1.24 bits per heavy atom. The van der Waals surface area contributed by atoms with Gasteiger partial charge in [-0.05, 0) is 29.7 Å². The molecule has 2 atom stereocenters. The molecule has 92 valence electrons. The van der Waals surface area contributed by atoms with Gasteiger partial charge in [-0.2, -0.15) is 0 Å². The maximum absolute atomic E-state index is 9.80. The van der Waals surface area contributed by atoms with Crippen molar-refractivity contribution in [1.82, 2.24) is 0 Å². The average Bonchev–Trinajstić information content (AvgIpc) is 2.64. The summed E-state index contributed by atoms with van der Waals surface area (Å²) in [5, 5.41) is 39.2. The van der Waals surface area contributed by atoms with E-state index in [0.29, 0.717) is 22.5 Å². The third kappa shape index (κ3) is 1.03. The van der Waals surface area contributed by atoms with E-state index < -0.39 is 23.4 Å². The second kappa shape index (κ2) is 2.73. The van der Waals surface area contributed by atoms with Gasteiger partial charge in [0.15, 0.2) is 0 Å². The van der Waals surface area contributed by atoms with Crippen LogP contribution in [0.1, 0.15) is 29.4 Å². The number of benzene rings is 1. The van der Waals surface area contributed by atoms with Gasteiger partial charge in [0.1, 0.15) is 0 Å². The van der Waals surface area contributed by atoms with Crippen LogP contribution >= 0.6 is 0 Å². The lowest BCUT2D eigenvalue weighted by Crippen LogP contribution is -2.57. The molecule has 8 N–H and O–H groups in total. The molecule has 6 nitrogen and oxygen atoms in total. The minimum Gasteiger partial charge on any atom is -0.397 e. The molecule has 17 heavy (non-hydrogen) atoms. The maximum Gasteiger partial charge on any atom is 0.226 e. The summed E-state index contributed by atoms with van der Waals surface area (Å²) >= 11 is 0. The average molecular weight is 238 g/mol. The van der Waals surface area contributed by atoms with Crippen LogP contribution in [0, 0.1) is 0 Å². The smallest absolute Gasteiger partial charge is 0.226 e. The van der Waals surface area contributed by atoms with Gasteiger partial charge in [0.05, 0.1) is 11.4 Å². The normalized spacial score (nSPS) is 31.5. The molecule has 6 heteroatoms. The summed E-state index contributed by atoms with van der Waals surface area (Å²) in [6.07, 6.45) is 0.262. The van der Waals surface area contributed by atoms with Crippen molar-refractivity contribution >= 4 is 11.4 Å². The van der Waals surface area contributed by atoms with E-state index in [1.165, 1.54) is 0 Å². The Hall–Kier alpha value is -1.34. The van der Waals surface area contributed by atoms with Gasteiger partial charge in [-0.1, -0.05) is 0 Å². The predicted molar refractivity (Wildman–Crippen MR) is 59.7 cm³/mol. The van der Waals surface area contributed by atoms with Crippen molar-refractivity contribution in [3.05, 3.63) is 23.3 Å². The van der Waals surface area contributed by atoms with Crippen LogP contribution < -0.4 is 11.5 Å². The number of hydrogen-bond acceptors (Lipinski definition) is 6. The van der Waals surface area contributed by atoms with Gasteiger partial charge in [0.2, 0.25) is 11.6 Å². The zero-order valence-corrected chi connectivity index (χ0v) is 8.96. The van der Waals surface area contributed by atoms with Crippen molar-refractivity contribution in [2.45, 2.75) is 29.8 Å². The summed E-state index contributed by atoms with van der Waals surface area (Å²) < 4.78 is 0. The number of hydrogen-bond donors (Lipinski definition) is 6. The van der Waals surface area contributed by atoms with E-state index in [4.69, 9.17) is 11.5 Å². The van der Waals surface area contributed by atoms with Gasteiger partial charge < -0.3 is 31.9 Å². The summed E-state index contributed by atoms with van der Waals surface area (Å²) in [4.78, 5) is 0. The first kappa shape index (κ1) is 10.8. The Balaban J connectivity index is 2.24. The summed E-state index contributed by atoms with van der Waals surface area (Å²) in [6, 6.07) is 3.15. The van der Waals surface area contributed by atoms with Gasteiger partial charge in [-0.3, -0.25) is 0 Å². The minimum atomic E-state index is -2.55. The van der Waals surface area contributed by atoms with Crippen LogP contribution in [0.4, 0.5) is 11.4 Å². The van der Waals surface area contributed by atoms with E-state index in [2.05, 4.69) is 0 Å². The molecule has 2 aliphatic rings. The molecule has 2 bridgehead atoms. The summed E-state index contributed by atoms with van der Waals surface area (Å²) in [5.74, 6) is -6.60. The number of fused-ring (bicyclic) bond motifs is 5. The van der Waals surface area contributed by atoms with E-state index in [1.54, 1.807) is 12.1 Å². The van der Waals surface area contributed by atoms with Crippen molar-refractivity contribution in [1.29, 1.82) is 0 Å². The summed E-state index contributed by atoms with van der Waals surface area (Å²) in [5.41, 5.74) is 13.3. The van der Waals surface area contributed by atoms with Crippen molar-refractivity contribution in [2.24, 2.45) is 0 Å². The van der Waals surface area contributed by atoms with Crippen LogP contribution in [0.25, 0.3) is 0 Å². The van der Waals surface area contributed by atoms with Gasteiger partial charge in [0, 0.05) is 11.8 Å². The number of aliphatic hydroxyl groups is 4. The molecule has 0 heterocycles. The molecule has 2 aliphatic carbocycles. The molecular weight excluding hydrogens is 224 g/mol. The monoisotopic (exact) mass is 238 g/mol. The number of nitrogen functional groups attached to an aromatic ring is 2. The Morgan fingerprint density at radius 3 is 1.59 bits per heavy atom. The van der Waals surface area contributed by atoms with Crippen molar-refractivity contribution in [3.8, 4) is 0 Å². The van der Waals surface area contributed by atoms with Gasteiger partial charge in [-0.25, -0.2) is 0 Å². The zero-order valence-electron chi connectivity index (χ0n) is 8.96. The highest BCUT2D eigenvalue weighted by molar-refractivity contribution is 5.69. The van der Waals surface area contributed by atoms with E-state index in [0.717, 1.165) is 0 Å². The lowest BCUT2D eigenvalue weighted by molar-refractivity contribution is -0.353. The van der Waals surface area contributed by atoms with E-state index in [1.807, 2.05) is 0 Å². The molecule has 3 rings (SSSR count). The molecule has 0 spiro atoms. The van der Waals surface area contributed by atoms with Crippen LogP contribution in [-0.2, 0) is 0 Å². The molecule has 0 saturated heterocycles. The molecule has 2 unspecified atom stereocenters. The lowest BCUT2D eigenvalue weighted by atomic mass is 9.82. The number of anilines is 2. The summed E-state index contributed by atoms with van der Waals surface area (Å²) in [7, 11) is 0. The number of rotatable bonds is 0. The van der Waals surface area contributed by atoms with Crippen LogP contribution in [-0.4, -0.2) is 32.0 Å². The fraction of sp³-hybridized carbons (Fsp3) is 0.455. The Labute approximate surface area is 97.1 Å². The highest BCUT2D eigenvalue weighted by Crippen LogP contribution is 2.61. The fourth-order valence-corrected chi connectivity index (χ4v) is 3.04. The first-order chi connectivity index (χ1) is 7.76. The Kier molecular flexibility index (Phi) is 1.73. The Morgan fingerprint density at radius 1 is 0.882 bits per heavy atom. The highest BCUT2D eigenvalue weighted by atomic mass is 16.6. The zero-order chi connectivity index (χ0) is 12.6. The second-order valence-corrected chi connectivity index (χ2v) is 4.90. The SMILES string of the molecule is Nc1cc2c(cc1N)C1CC2C(O)(O)C1(O)O. The largest absolute Gasteiger partial charge is 0.397 e. The molecule has 0 aromatic heterocycles. The quantitative estimate of drug-likeness (QED) is 0.248. The third-order valence-corrected chi connectivity index (χ3v) is 4.02. The van der Waals surface area contributed by atoms with Gasteiger partial charge in [-0.15, -0.1) is 0 Å². The van der Waals surface area contributed by atoms with Crippen LogP contribution in [0.15, 0.2) is 12.1 Å². The maximum atomic E-state index is 9.80. The molecular formula is C11H14N2O4. The van der Waals surface area contributed by atoms with Crippen molar-refractivity contribution < 1.29 is 20.4 Å². The Bertz CT molecular complexity index is 467. The third-order valence-electron chi connectivity index (χ3n) is 4.02. The highest BCUT2D eigenvalue weighted by Gasteiger charge is 2.68. The summed E-state index contributed by atoms with van der Waals surface area (Å²) in [6.45, 7) is 0. The van der Waals surface area contributed by atoms with Gasteiger partial charge in [0.25, 0.3) is 0 Å². The standard InChI is InChI=1S/C11H14N2O4/c12-8-1-4-5(2-9(8)13)7-3-6(4)10(14,15)11(7,16)17/h1-2,6-7,14-17H,3,12-13H2. The first-order valence-corrected chi connectivity index (χ1v) is 5.35. The second-order valence-electron chi connectivity index (χ2n) is 4.90.